The monoisotopic (exact) mass is 550 g/mol. The second kappa shape index (κ2) is 13.5. The molecule has 1 heterocycles. The van der Waals surface area contributed by atoms with Gasteiger partial charge in [0, 0.05) is 26.1 Å². The first-order valence-electron chi connectivity index (χ1n) is 13.7. The third-order valence-corrected chi connectivity index (χ3v) is 7.37. The van der Waals surface area contributed by atoms with E-state index in [1.54, 1.807) is 12.1 Å². The minimum atomic E-state index is -0.898. The lowest BCUT2D eigenvalue weighted by molar-refractivity contribution is -0.156. The summed E-state index contributed by atoms with van der Waals surface area (Å²) in [4.78, 5) is 43.5. The molecule has 3 amide bonds. The fourth-order valence-electron chi connectivity index (χ4n) is 5.33. The number of hydrogen-bond acceptors (Lipinski definition) is 4. The molecular weight excluding hydrogens is 514 g/mol. The van der Waals surface area contributed by atoms with Crippen LogP contribution in [0.4, 0.5) is 8.78 Å². The molecule has 0 radical (unpaired) electrons. The Morgan fingerprint density at radius 3 is 2.40 bits per heavy atom. The first-order valence-corrected chi connectivity index (χ1v) is 13.7. The van der Waals surface area contributed by atoms with Crippen molar-refractivity contribution in [2.24, 2.45) is 5.73 Å². The van der Waals surface area contributed by atoms with E-state index in [-0.39, 0.29) is 50.1 Å². The number of piperazine rings is 1. The summed E-state index contributed by atoms with van der Waals surface area (Å²) in [5.41, 5.74) is 7.85. The van der Waals surface area contributed by atoms with Crippen molar-refractivity contribution in [2.45, 2.75) is 50.7 Å². The van der Waals surface area contributed by atoms with E-state index in [9.17, 15) is 23.2 Å². The van der Waals surface area contributed by atoms with Gasteiger partial charge in [0.15, 0.2) is 0 Å². The minimum absolute atomic E-state index is 0.143. The predicted octanol–water partition coefficient (Wildman–Crippen LogP) is 3.39. The number of halogens is 2. The van der Waals surface area contributed by atoms with Crippen molar-refractivity contribution in [3.05, 3.63) is 83.7 Å². The Hall–Kier alpha value is -3.85. The van der Waals surface area contributed by atoms with Crippen LogP contribution in [0.5, 0.6) is 0 Å². The van der Waals surface area contributed by atoms with Crippen molar-refractivity contribution in [3.63, 3.8) is 0 Å². The topological polar surface area (TPSA) is 95.7 Å². The summed E-state index contributed by atoms with van der Waals surface area (Å²) in [6.07, 6.45) is 1.53. The van der Waals surface area contributed by atoms with Crippen LogP contribution in [0, 0.1) is 5.82 Å². The number of fused-ring (bicyclic) bond motifs is 1. The number of hydrogen-bond donors (Lipinski definition) is 2. The van der Waals surface area contributed by atoms with Crippen LogP contribution in [0.1, 0.15) is 30.9 Å². The molecule has 0 bridgehead atoms. The van der Waals surface area contributed by atoms with Crippen LogP contribution < -0.4 is 11.1 Å². The van der Waals surface area contributed by atoms with Crippen molar-refractivity contribution < 1.29 is 23.2 Å². The van der Waals surface area contributed by atoms with E-state index in [4.69, 9.17) is 5.73 Å². The van der Waals surface area contributed by atoms with Gasteiger partial charge in [0.05, 0.1) is 6.04 Å². The van der Waals surface area contributed by atoms with Crippen molar-refractivity contribution in [2.75, 3.05) is 26.3 Å². The summed E-state index contributed by atoms with van der Waals surface area (Å²) in [7, 11) is 0. The lowest BCUT2D eigenvalue weighted by Crippen LogP contribution is -2.65. The number of nitrogens with zero attached hydrogens (tertiary/aromatic N) is 2. The highest BCUT2D eigenvalue weighted by Crippen LogP contribution is 2.23. The van der Waals surface area contributed by atoms with Gasteiger partial charge in [0.2, 0.25) is 17.7 Å². The normalized spacial score (nSPS) is 17.1. The van der Waals surface area contributed by atoms with Gasteiger partial charge in [-0.1, -0.05) is 67.9 Å². The molecule has 1 fully saturated rings. The zero-order valence-corrected chi connectivity index (χ0v) is 22.7. The standard InChI is InChI=1S/C31H36F2N4O3/c1-2-5-27-31(40)37(17-16-36(27)30(39)26(34)19-21-9-12-25(33)13-10-21)28(29(38)35-15-14-32)20-22-8-11-23-6-3-4-7-24(23)18-22/h3-4,6-13,18,26-28H,2,5,14-17,19-20,34H2,1H3,(H,35,38). The quantitative estimate of drug-likeness (QED) is 0.383. The molecule has 3 aromatic carbocycles. The van der Waals surface area contributed by atoms with Crippen molar-refractivity contribution in [1.82, 2.24) is 15.1 Å². The smallest absolute Gasteiger partial charge is 0.246 e. The Morgan fingerprint density at radius 1 is 1.00 bits per heavy atom. The Bertz CT molecular complexity index is 1330. The van der Waals surface area contributed by atoms with Gasteiger partial charge in [-0.25, -0.2) is 8.78 Å². The number of nitrogens with one attached hydrogen (secondary N) is 1. The van der Waals surface area contributed by atoms with Crippen LogP contribution in [0.2, 0.25) is 0 Å². The number of amides is 3. The summed E-state index contributed by atoms with van der Waals surface area (Å²) in [6, 6.07) is 17.1. The fourth-order valence-corrected chi connectivity index (χ4v) is 5.33. The molecule has 4 rings (SSSR count). The first kappa shape index (κ1) is 29.1. The molecule has 7 nitrogen and oxygen atoms in total. The van der Waals surface area contributed by atoms with Gasteiger partial charge in [-0.05, 0) is 46.9 Å². The van der Waals surface area contributed by atoms with Gasteiger partial charge in [-0.2, -0.15) is 0 Å². The van der Waals surface area contributed by atoms with E-state index in [2.05, 4.69) is 5.32 Å². The van der Waals surface area contributed by atoms with Crippen LogP contribution in [-0.4, -0.2) is 72.0 Å². The number of alkyl halides is 1. The highest BCUT2D eigenvalue weighted by atomic mass is 19.1. The molecule has 3 unspecified atom stereocenters. The summed E-state index contributed by atoms with van der Waals surface area (Å²) in [5.74, 6) is -1.48. The molecule has 40 heavy (non-hydrogen) atoms. The summed E-state index contributed by atoms with van der Waals surface area (Å²) in [5, 5.41) is 4.68. The van der Waals surface area contributed by atoms with Gasteiger partial charge in [0.25, 0.3) is 0 Å². The average molecular weight is 551 g/mol. The third-order valence-electron chi connectivity index (χ3n) is 7.37. The van der Waals surface area contributed by atoms with Crippen LogP contribution >= 0.6 is 0 Å². The molecule has 3 aromatic rings. The van der Waals surface area contributed by atoms with Crippen molar-refractivity contribution >= 4 is 28.5 Å². The average Bonchev–Trinajstić information content (AvgIpc) is 2.96. The lowest BCUT2D eigenvalue weighted by Gasteiger charge is -2.44. The van der Waals surface area contributed by atoms with Crippen LogP contribution in [0.15, 0.2) is 66.7 Å². The Morgan fingerprint density at radius 2 is 1.70 bits per heavy atom. The first-order chi connectivity index (χ1) is 19.3. The number of carbonyl (C=O) groups is 3. The molecule has 3 atom stereocenters. The zero-order chi connectivity index (χ0) is 28.6. The Labute approximate surface area is 233 Å². The molecule has 1 aliphatic rings. The SMILES string of the molecule is CCCC1C(=O)N(C(Cc2ccc3ccccc3c2)C(=O)NCCF)CCN1C(=O)C(N)Cc1ccc(F)cc1. The van der Waals surface area contributed by atoms with Gasteiger partial charge in [-0.3, -0.25) is 14.4 Å². The second-order valence-corrected chi connectivity index (χ2v) is 10.2. The highest BCUT2D eigenvalue weighted by Gasteiger charge is 2.42. The van der Waals surface area contributed by atoms with E-state index in [0.717, 1.165) is 21.9 Å². The molecule has 0 spiro atoms. The number of benzene rings is 3. The Kier molecular flexibility index (Phi) is 9.82. The van der Waals surface area contributed by atoms with E-state index in [0.29, 0.717) is 12.8 Å². The minimum Gasteiger partial charge on any atom is -0.352 e. The molecule has 0 saturated carbocycles. The second-order valence-electron chi connectivity index (χ2n) is 10.2. The van der Waals surface area contributed by atoms with E-state index in [1.165, 1.54) is 21.9 Å². The van der Waals surface area contributed by atoms with Gasteiger partial charge in [-0.15, -0.1) is 0 Å². The lowest BCUT2D eigenvalue weighted by atomic mass is 9.96. The number of carbonyl (C=O) groups excluding carboxylic acids is 3. The Balaban J connectivity index is 1.55. The maximum atomic E-state index is 13.9. The van der Waals surface area contributed by atoms with Crippen LogP contribution in [0.3, 0.4) is 0 Å². The van der Waals surface area contributed by atoms with Gasteiger partial charge >= 0.3 is 0 Å². The molecule has 0 aliphatic carbocycles. The third kappa shape index (κ3) is 6.83. The summed E-state index contributed by atoms with van der Waals surface area (Å²) >= 11 is 0. The van der Waals surface area contributed by atoms with E-state index >= 15 is 0 Å². The van der Waals surface area contributed by atoms with Crippen molar-refractivity contribution in [3.8, 4) is 0 Å². The molecule has 1 saturated heterocycles. The fraction of sp³-hybridized carbons (Fsp3) is 0.387. The van der Waals surface area contributed by atoms with Crippen LogP contribution in [-0.2, 0) is 27.2 Å². The maximum Gasteiger partial charge on any atom is 0.246 e. The maximum absolute atomic E-state index is 13.9. The number of nitrogens with two attached hydrogens (primary N) is 1. The predicted molar refractivity (Wildman–Crippen MR) is 151 cm³/mol. The molecule has 212 valence electrons. The molecule has 0 aromatic heterocycles. The molecule has 3 N–H and O–H groups in total. The van der Waals surface area contributed by atoms with Gasteiger partial charge < -0.3 is 20.9 Å². The summed E-state index contributed by atoms with van der Waals surface area (Å²) < 4.78 is 26.2. The largest absolute Gasteiger partial charge is 0.352 e. The van der Waals surface area contributed by atoms with Crippen LogP contribution in [0.25, 0.3) is 10.8 Å². The van der Waals surface area contributed by atoms with Crippen molar-refractivity contribution in [1.29, 1.82) is 0 Å². The molecular formula is C31H36F2N4O3. The van der Waals surface area contributed by atoms with E-state index < -0.39 is 30.7 Å². The van der Waals surface area contributed by atoms with Gasteiger partial charge in [0.1, 0.15) is 24.6 Å². The molecule has 1 aliphatic heterocycles. The zero-order valence-electron chi connectivity index (χ0n) is 22.7. The summed E-state index contributed by atoms with van der Waals surface area (Å²) in [6.45, 7) is 1.44. The number of rotatable bonds is 11. The highest BCUT2D eigenvalue weighted by molar-refractivity contribution is 5.94. The molecule has 9 heteroatoms. The van der Waals surface area contributed by atoms with E-state index in [1.807, 2.05) is 49.4 Å².